The zero-order valence-corrected chi connectivity index (χ0v) is 14.5. The van der Waals surface area contributed by atoms with E-state index < -0.39 is 0 Å². The van der Waals surface area contributed by atoms with Gasteiger partial charge in [0.05, 0.1) is 6.61 Å². The third-order valence-electron chi connectivity index (χ3n) is 4.08. The highest BCUT2D eigenvalue weighted by Gasteiger charge is 2.09. The van der Waals surface area contributed by atoms with E-state index in [0.29, 0.717) is 6.61 Å². The molecule has 5 heteroatoms. The Morgan fingerprint density at radius 3 is 2.88 bits per heavy atom. The van der Waals surface area contributed by atoms with Crippen molar-refractivity contribution in [1.82, 2.24) is 4.90 Å². The molecule has 3 rings (SSSR count). The van der Waals surface area contributed by atoms with Crippen LogP contribution in [0.3, 0.4) is 0 Å². The molecule has 1 aromatic heterocycles. The number of anilines is 1. The second-order valence-electron chi connectivity index (χ2n) is 5.79. The second kappa shape index (κ2) is 7.53. The average Bonchev–Trinajstić information content (AvgIpc) is 2.99. The number of nitrogen functional groups attached to an aromatic ring is 1. The van der Waals surface area contributed by atoms with Crippen LogP contribution in [0.15, 0.2) is 54.4 Å². The molecular weight excluding hydrogens is 323 g/mol. The first kappa shape index (κ1) is 16.6. The molecular formula is C19H21FN2OS. The summed E-state index contributed by atoms with van der Waals surface area (Å²) in [5, 5.41) is -0.144. The van der Waals surface area contributed by atoms with Gasteiger partial charge in [-0.25, -0.2) is 0 Å². The molecule has 1 aliphatic heterocycles. The normalized spacial score (nSPS) is 13.9. The summed E-state index contributed by atoms with van der Waals surface area (Å²) in [5.74, 6) is 0.868. The number of nitrogens with zero attached hydrogens (tertiary/aromatic N) is 1. The van der Waals surface area contributed by atoms with E-state index in [1.54, 1.807) is 0 Å². The molecule has 0 radical (unpaired) electrons. The fraction of sp³-hybridized carbons (Fsp3) is 0.263. The molecule has 3 nitrogen and oxygen atoms in total. The first-order chi connectivity index (χ1) is 11.6. The van der Waals surface area contributed by atoms with Crippen LogP contribution < -0.4 is 5.73 Å². The summed E-state index contributed by atoms with van der Waals surface area (Å²) >= 11 is 1.18. The van der Waals surface area contributed by atoms with E-state index in [4.69, 9.17) is 10.5 Å². The van der Waals surface area contributed by atoms with Gasteiger partial charge in [0, 0.05) is 36.3 Å². The lowest BCUT2D eigenvalue weighted by Gasteiger charge is -2.24. The van der Waals surface area contributed by atoms with Crippen molar-refractivity contribution in [1.29, 1.82) is 0 Å². The Labute approximate surface area is 145 Å². The standard InChI is InChI=1S/C19H21FN2OS/c1-14-15(3-2-4-18(14)21)13-22-10-7-16(8-11-22)23-12-9-17-5-6-19(20)24-17/h2-8,10H,9,11-13,21H2,1H3. The summed E-state index contributed by atoms with van der Waals surface area (Å²) in [6, 6.07) is 9.33. The molecule has 0 saturated heterocycles. The number of thiophene rings is 1. The van der Waals surface area contributed by atoms with Crippen molar-refractivity contribution >= 4 is 17.0 Å². The Balaban J connectivity index is 1.47. The summed E-state index contributed by atoms with van der Waals surface area (Å²) in [5.41, 5.74) is 9.17. The van der Waals surface area contributed by atoms with Gasteiger partial charge in [-0.05, 0) is 48.4 Å². The number of halogens is 1. The second-order valence-corrected chi connectivity index (χ2v) is 6.91. The summed E-state index contributed by atoms with van der Waals surface area (Å²) in [6.07, 6.45) is 6.81. The lowest BCUT2D eigenvalue weighted by molar-refractivity contribution is 0.221. The van der Waals surface area contributed by atoms with Gasteiger partial charge in [0.1, 0.15) is 5.76 Å². The SMILES string of the molecule is Cc1c(N)cccc1CN1C=CC(OCCc2ccc(F)s2)=CC1. The molecule has 0 amide bonds. The van der Waals surface area contributed by atoms with E-state index >= 15 is 0 Å². The minimum absolute atomic E-state index is 0.144. The maximum absolute atomic E-state index is 12.9. The Hall–Kier alpha value is -2.27. The van der Waals surface area contributed by atoms with Crippen molar-refractivity contribution < 1.29 is 9.13 Å². The number of hydrogen-bond acceptors (Lipinski definition) is 4. The van der Waals surface area contributed by atoms with Gasteiger partial charge >= 0.3 is 0 Å². The van der Waals surface area contributed by atoms with E-state index in [0.717, 1.165) is 41.4 Å². The molecule has 0 fully saturated rings. The minimum Gasteiger partial charge on any atom is -0.493 e. The molecule has 0 atom stereocenters. The number of rotatable bonds is 6. The number of ether oxygens (including phenoxy) is 1. The van der Waals surface area contributed by atoms with E-state index in [9.17, 15) is 4.39 Å². The van der Waals surface area contributed by atoms with Crippen LogP contribution in [-0.2, 0) is 17.7 Å². The van der Waals surface area contributed by atoms with Crippen molar-refractivity contribution in [2.75, 3.05) is 18.9 Å². The molecule has 1 aromatic carbocycles. The minimum atomic E-state index is -0.144. The molecule has 0 saturated carbocycles. The lowest BCUT2D eigenvalue weighted by Crippen LogP contribution is -2.20. The van der Waals surface area contributed by atoms with Crippen molar-refractivity contribution in [2.45, 2.75) is 19.9 Å². The summed E-state index contributed by atoms with van der Waals surface area (Å²) in [6.45, 7) is 4.24. The Morgan fingerprint density at radius 1 is 1.29 bits per heavy atom. The number of hydrogen-bond donors (Lipinski definition) is 1. The van der Waals surface area contributed by atoms with E-state index in [1.165, 1.54) is 23.0 Å². The van der Waals surface area contributed by atoms with Crippen LogP contribution in [0.2, 0.25) is 0 Å². The van der Waals surface area contributed by atoms with Gasteiger partial charge in [-0.15, -0.1) is 11.3 Å². The highest BCUT2D eigenvalue weighted by molar-refractivity contribution is 7.10. The molecule has 2 heterocycles. The van der Waals surface area contributed by atoms with Crippen LogP contribution in [0.1, 0.15) is 16.0 Å². The fourth-order valence-corrected chi connectivity index (χ4v) is 3.30. The highest BCUT2D eigenvalue weighted by atomic mass is 32.1. The molecule has 0 spiro atoms. The van der Waals surface area contributed by atoms with Gasteiger partial charge < -0.3 is 15.4 Å². The molecule has 126 valence electrons. The van der Waals surface area contributed by atoms with Crippen LogP contribution in [0.4, 0.5) is 10.1 Å². The van der Waals surface area contributed by atoms with Crippen LogP contribution >= 0.6 is 11.3 Å². The Morgan fingerprint density at radius 2 is 2.17 bits per heavy atom. The van der Waals surface area contributed by atoms with E-state index in [-0.39, 0.29) is 5.13 Å². The molecule has 0 aliphatic carbocycles. The molecule has 24 heavy (non-hydrogen) atoms. The first-order valence-electron chi connectivity index (χ1n) is 7.95. The third-order valence-corrected chi connectivity index (χ3v) is 5.02. The maximum Gasteiger partial charge on any atom is 0.176 e. The topological polar surface area (TPSA) is 38.5 Å². The van der Waals surface area contributed by atoms with E-state index in [2.05, 4.69) is 24.0 Å². The van der Waals surface area contributed by atoms with Gasteiger partial charge in [-0.1, -0.05) is 12.1 Å². The predicted molar refractivity (Wildman–Crippen MR) is 97.2 cm³/mol. The summed E-state index contributed by atoms with van der Waals surface area (Å²) in [7, 11) is 0. The number of nitrogens with two attached hydrogens (primary N) is 1. The lowest BCUT2D eigenvalue weighted by atomic mass is 10.1. The molecule has 2 aromatic rings. The van der Waals surface area contributed by atoms with Crippen LogP contribution in [0.5, 0.6) is 0 Å². The third kappa shape index (κ3) is 4.17. The number of benzene rings is 1. The van der Waals surface area contributed by atoms with Gasteiger partial charge in [0.15, 0.2) is 5.13 Å². The van der Waals surface area contributed by atoms with Crippen LogP contribution in [0, 0.1) is 12.1 Å². The van der Waals surface area contributed by atoms with Crippen LogP contribution in [0.25, 0.3) is 0 Å². The first-order valence-corrected chi connectivity index (χ1v) is 8.77. The largest absolute Gasteiger partial charge is 0.493 e. The molecule has 0 unspecified atom stereocenters. The van der Waals surface area contributed by atoms with Gasteiger partial charge in [0.25, 0.3) is 0 Å². The summed E-state index contributed by atoms with van der Waals surface area (Å²) < 4.78 is 18.7. The number of allylic oxidation sites excluding steroid dienone is 1. The summed E-state index contributed by atoms with van der Waals surface area (Å²) in [4.78, 5) is 3.22. The Kier molecular flexibility index (Phi) is 5.20. The monoisotopic (exact) mass is 344 g/mol. The van der Waals surface area contributed by atoms with Gasteiger partial charge in [0.2, 0.25) is 0 Å². The molecule has 1 aliphatic rings. The zero-order valence-electron chi connectivity index (χ0n) is 13.7. The zero-order chi connectivity index (χ0) is 16.9. The molecule has 2 N–H and O–H groups in total. The van der Waals surface area contributed by atoms with Crippen molar-refractivity contribution in [3.63, 3.8) is 0 Å². The Bertz CT molecular complexity index is 766. The van der Waals surface area contributed by atoms with Crippen molar-refractivity contribution in [3.05, 3.63) is 75.6 Å². The van der Waals surface area contributed by atoms with Crippen molar-refractivity contribution in [3.8, 4) is 0 Å². The van der Waals surface area contributed by atoms with Crippen molar-refractivity contribution in [2.24, 2.45) is 0 Å². The smallest absolute Gasteiger partial charge is 0.176 e. The van der Waals surface area contributed by atoms with E-state index in [1.807, 2.05) is 30.5 Å². The highest BCUT2D eigenvalue weighted by Crippen LogP contribution is 2.20. The van der Waals surface area contributed by atoms with Crippen LogP contribution in [-0.4, -0.2) is 18.1 Å². The quantitative estimate of drug-likeness (QED) is 0.796. The average molecular weight is 344 g/mol. The maximum atomic E-state index is 12.9. The molecule has 0 bridgehead atoms. The van der Waals surface area contributed by atoms with Gasteiger partial charge in [-0.3, -0.25) is 0 Å². The predicted octanol–water partition coefficient (Wildman–Crippen LogP) is 4.25. The fourth-order valence-electron chi connectivity index (χ4n) is 2.59. The van der Waals surface area contributed by atoms with Gasteiger partial charge in [-0.2, -0.15) is 4.39 Å².